The molecule has 0 bridgehead atoms. The topological polar surface area (TPSA) is 58.5 Å². The summed E-state index contributed by atoms with van der Waals surface area (Å²) in [7, 11) is 1.84. The van der Waals surface area contributed by atoms with Crippen molar-refractivity contribution in [2.75, 3.05) is 20.2 Å². The quantitative estimate of drug-likeness (QED) is 0.403. The van der Waals surface area contributed by atoms with Crippen LogP contribution in [-0.4, -0.2) is 43.3 Å². The number of hydrogen-bond acceptors (Lipinski definition) is 3. The lowest BCUT2D eigenvalue weighted by Gasteiger charge is -2.61. The minimum atomic E-state index is 0. The Balaban J connectivity index is 0.00000208. The molecule has 2 saturated carbocycles. The van der Waals surface area contributed by atoms with Crippen LogP contribution >= 0.6 is 24.0 Å². The van der Waals surface area contributed by atoms with Gasteiger partial charge in [0.25, 0.3) is 0 Å². The van der Waals surface area contributed by atoms with Crippen LogP contribution in [0, 0.1) is 5.41 Å². The Morgan fingerprint density at radius 1 is 1.42 bits per heavy atom. The number of pyridine rings is 1. The second-order valence-electron chi connectivity index (χ2n) is 6.53. The number of hydrogen-bond donors (Lipinski definition) is 2. The largest absolute Gasteiger partial charge is 0.378 e. The van der Waals surface area contributed by atoms with Gasteiger partial charge in [0, 0.05) is 50.0 Å². The summed E-state index contributed by atoms with van der Waals surface area (Å²) in [5, 5.41) is 7.02. The van der Waals surface area contributed by atoms with Gasteiger partial charge in [0.15, 0.2) is 5.96 Å². The van der Waals surface area contributed by atoms with Gasteiger partial charge in [-0.2, -0.15) is 0 Å². The van der Waals surface area contributed by atoms with Crippen LogP contribution in [0.3, 0.4) is 0 Å². The monoisotopic (exact) mass is 444 g/mol. The summed E-state index contributed by atoms with van der Waals surface area (Å²) in [6, 6.07) is 6.52. The maximum Gasteiger partial charge on any atom is 0.191 e. The van der Waals surface area contributed by atoms with Crippen molar-refractivity contribution in [2.45, 2.75) is 51.2 Å². The van der Waals surface area contributed by atoms with Gasteiger partial charge in [-0.1, -0.05) is 12.5 Å². The Hall–Kier alpha value is -0.890. The summed E-state index contributed by atoms with van der Waals surface area (Å²) in [5.41, 5.74) is 1.46. The van der Waals surface area contributed by atoms with Gasteiger partial charge in [-0.15, -0.1) is 24.0 Å². The van der Waals surface area contributed by atoms with E-state index in [1.54, 1.807) is 0 Å². The Labute approximate surface area is 162 Å². The van der Waals surface area contributed by atoms with E-state index in [2.05, 4.69) is 33.6 Å². The fraction of sp³-hybridized carbons (Fsp3) is 0.667. The summed E-state index contributed by atoms with van der Waals surface area (Å²) in [5.74, 6) is 0.896. The highest BCUT2D eigenvalue weighted by Crippen LogP contribution is 2.57. The Kier molecular flexibility index (Phi) is 7.28. The van der Waals surface area contributed by atoms with Crippen molar-refractivity contribution in [1.29, 1.82) is 0 Å². The molecular weight excluding hydrogens is 415 g/mol. The number of aromatic nitrogens is 1. The van der Waals surface area contributed by atoms with Crippen LogP contribution in [-0.2, 0) is 11.2 Å². The molecule has 0 radical (unpaired) electrons. The summed E-state index contributed by atoms with van der Waals surface area (Å²) in [6.45, 7) is 3.74. The second kappa shape index (κ2) is 8.99. The molecule has 2 atom stereocenters. The van der Waals surface area contributed by atoms with Crippen LogP contribution in [0.15, 0.2) is 29.4 Å². The number of guanidine groups is 1. The van der Waals surface area contributed by atoms with E-state index in [9.17, 15) is 0 Å². The number of aliphatic imine (C=N–C) groups is 1. The van der Waals surface area contributed by atoms with Gasteiger partial charge in [0.05, 0.1) is 6.10 Å². The lowest BCUT2D eigenvalue weighted by atomic mass is 9.51. The molecule has 1 heterocycles. The predicted octanol–water partition coefficient (Wildman–Crippen LogP) is 2.75. The number of nitrogens with one attached hydrogen (secondary N) is 2. The zero-order valence-electron chi connectivity index (χ0n) is 14.6. The van der Waals surface area contributed by atoms with Gasteiger partial charge in [-0.05, 0) is 38.3 Å². The van der Waals surface area contributed by atoms with Crippen molar-refractivity contribution < 1.29 is 4.74 Å². The summed E-state index contributed by atoms with van der Waals surface area (Å²) in [6.07, 6.45) is 8.15. The highest BCUT2D eigenvalue weighted by Gasteiger charge is 2.59. The fourth-order valence-corrected chi connectivity index (χ4v) is 3.86. The maximum absolute atomic E-state index is 5.91. The molecule has 0 saturated heterocycles. The van der Waals surface area contributed by atoms with Crippen molar-refractivity contribution in [3.63, 3.8) is 0 Å². The standard InChI is InChI=1S/C18H28N4O.HI/c1-3-23-16-13-15(18(16)9-6-10-18)22-17(19-2)21-12-8-14-7-4-5-11-20-14;/h4-5,7,11,15-16H,3,6,8-10,12-13H2,1-2H3,(H2,19,21,22);1H. The van der Waals surface area contributed by atoms with E-state index in [-0.39, 0.29) is 24.0 Å². The Morgan fingerprint density at radius 2 is 2.25 bits per heavy atom. The van der Waals surface area contributed by atoms with Crippen molar-refractivity contribution >= 4 is 29.9 Å². The summed E-state index contributed by atoms with van der Waals surface area (Å²) in [4.78, 5) is 8.72. The first-order valence-electron chi connectivity index (χ1n) is 8.77. The molecule has 24 heavy (non-hydrogen) atoms. The molecule has 6 heteroatoms. The minimum Gasteiger partial charge on any atom is -0.378 e. The molecule has 3 rings (SSSR count). The molecule has 2 fully saturated rings. The van der Waals surface area contributed by atoms with Gasteiger partial charge < -0.3 is 15.4 Å². The third-order valence-corrected chi connectivity index (χ3v) is 5.37. The first kappa shape index (κ1) is 19.4. The Morgan fingerprint density at radius 3 is 2.83 bits per heavy atom. The number of ether oxygens (including phenoxy) is 1. The summed E-state index contributed by atoms with van der Waals surface area (Å²) < 4.78 is 5.91. The number of rotatable bonds is 6. The first-order valence-corrected chi connectivity index (χ1v) is 8.77. The molecule has 0 aliphatic heterocycles. The zero-order chi connectivity index (χ0) is 16.1. The first-order chi connectivity index (χ1) is 11.3. The van der Waals surface area contributed by atoms with E-state index in [1.165, 1.54) is 19.3 Å². The average Bonchev–Trinajstić information content (AvgIpc) is 2.51. The molecule has 2 unspecified atom stereocenters. The van der Waals surface area contributed by atoms with Crippen LogP contribution in [0.25, 0.3) is 0 Å². The molecule has 1 aromatic heterocycles. The third-order valence-electron chi connectivity index (χ3n) is 5.37. The maximum atomic E-state index is 5.91. The molecular formula is C18H29IN4O. The second-order valence-corrected chi connectivity index (χ2v) is 6.53. The van der Waals surface area contributed by atoms with Gasteiger partial charge in [0.2, 0.25) is 0 Å². The molecule has 1 aromatic rings. The molecule has 2 aliphatic rings. The van der Waals surface area contributed by atoms with Gasteiger partial charge in [-0.25, -0.2) is 0 Å². The van der Waals surface area contributed by atoms with E-state index in [0.29, 0.717) is 17.6 Å². The third kappa shape index (κ3) is 4.02. The van der Waals surface area contributed by atoms with E-state index in [1.807, 2.05) is 25.4 Å². The van der Waals surface area contributed by atoms with E-state index in [4.69, 9.17) is 4.74 Å². The molecule has 1 spiro atoms. The molecule has 2 aliphatic carbocycles. The zero-order valence-corrected chi connectivity index (χ0v) is 17.0. The molecule has 5 nitrogen and oxygen atoms in total. The molecule has 0 aromatic carbocycles. The average molecular weight is 444 g/mol. The molecule has 2 N–H and O–H groups in total. The van der Waals surface area contributed by atoms with Gasteiger partial charge in [-0.3, -0.25) is 9.98 Å². The summed E-state index contributed by atoms with van der Waals surface area (Å²) >= 11 is 0. The van der Waals surface area contributed by atoms with Crippen molar-refractivity contribution in [3.8, 4) is 0 Å². The molecule has 134 valence electrons. The van der Waals surface area contributed by atoms with Gasteiger partial charge in [0.1, 0.15) is 0 Å². The predicted molar refractivity (Wildman–Crippen MR) is 108 cm³/mol. The van der Waals surface area contributed by atoms with Crippen molar-refractivity contribution in [2.24, 2.45) is 10.4 Å². The van der Waals surface area contributed by atoms with Crippen LogP contribution in [0.1, 0.15) is 38.3 Å². The van der Waals surface area contributed by atoms with Crippen molar-refractivity contribution in [1.82, 2.24) is 15.6 Å². The number of halogens is 1. The van der Waals surface area contributed by atoms with Crippen LogP contribution < -0.4 is 10.6 Å². The minimum absolute atomic E-state index is 0. The van der Waals surface area contributed by atoms with E-state index in [0.717, 1.165) is 37.6 Å². The highest BCUT2D eigenvalue weighted by atomic mass is 127. The highest BCUT2D eigenvalue weighted by molar-refractivity contribution is 14.0. The van der Waals surface area contributed by atoms with Gasteiger partial charge >= 0.3 is 0 Å². The van der Waals surface area contributed by atoms with Crippen LogP contribution in [0.2, 0.25) is 0 Å². The lowest BCUT2D eigenvalue weighted by molar-refractivity contribution is -0.168. The lowest BCUT2D eigenvalue weighted by Crippen LogP contribution is -2.68. The van der Waals surface area contributed by atoms with E-state index >= 15 is 0 Å². The van der Waals surface area contributed by atoms with Crippen LogP contribution in [0.4, 0.5) is 0 Å². The van der Waals surface area contributed by atoms with Crippen LogP contribution in [0.5, 0.6) is 0 Å². The smallest absolute Gasteiger partial charge is 0.191 e. The van der Waals surface area contributed by atoms with E-state index < -0.39 is 0 Å². The SMILES string of the molecule is CCOC1CC(NC(=NC)NCCc2ccccn2)C12CCC2.I. The molecule has 0 amide bonds. The number of nitrogens with zero attached hydrogens (tertiary/aromatic N) is 2. The fourth-order valence-electron chi connectivity index (χ4n) is 3.86. The Bertz CT molecular complexity index is 533. The normalized spacial score (nSPS) is 24.5. The van der Waals surface area contributed by atoms with Crippen molar-refractivity contribution in [3.05, 3.63) is 30.1 Å².